The first-order valence-corrected chi connectivity index (χ1v) is 9.28. The van der Waals surface area contributed by atoms with Crippen LogP contribution in [0.25, 0.3) is 5.82 Å². The van der Waals surface area contributed by atoms with Crippen LogP contribution in [0.3, 0.4) is 0 Å². The lowest BCUT2D eigenvalue weighted by molar-refractivity contribution is 0.789. The quantitative estimate of drug-likeness (QED) is 0.515. The molecule has 0 unspecified atom stereocenters. The maximum atomic E-state index is 4.51. The van der Waals surface area contributed by atoms with Crippen LogP contribution < -0.4 is 10.6 Å². The average Bonchev–Trinajstić information content (AvgIpc) is 3.26. The zero-order valence-electron chi connectivity index (χ0n) is 15.2. The van der Waals surface area contributed by atoms with Crippen molar-refractivity contribution in [1.82, 2.24) is 30.2 Å². The molecule has 0 saturated heterocycles. The summed E-state index contributed by atoms with van der Waals surface area (Å²) in [4.78, 5) is 18.6. The van der Waals surface area contributed by atoms with Crippen LogP contribution in [-0.4, -0.2) is 39.1 Å². The number of aliphatic imine (C=N–C) groups is 1. The van der Waals surface area contributed by atoms with Crippen molar-refractivity contribution < 1.29 is 0 Å². The molecule has 0 bridgehead atoms. The van der Waals surface area contributed by atoms with Crippen molar-refractivity contribution in [2.45, 2.75) is 26.8 Å². The number of nitrogens with zero attached hydrogens (tertiary/aromatic N) is 5. The third-order valence-corrected chi connectivity index (χ3v) is 4.84. The molecular formula is C18H23N7S. The molecule has 0 spiro atoms. The van der Waals surface area contributed by atoms with Crippen molar-refractivity contribution in [1.29, 1.82) is 0 Å². The van der Waals surface area contributed by atoms with Gasteiger partial charge in [0.25, 0.3) is 0 Å². The molecule has 7 nitrogen and oxygen atoms in total. The average molecular weight is 369 g/mol. The van der Waals surface area contributed by atoms with E-state index in [1.165, 1.54) is 4.88 Å². The summed E-state index contributed by atoms with van der Waals surface area (Å²) in [7, 11) is 1.77. The molecule has 0 saturated carbocycles. The van der Waals surface area contributed by atoms with Crippen LogP contribution in [0.2, 0.25) is 0 Å². The number of hydrogen-bond acceptors (Lipinski definition) is 5. The van der Waals surface area contributed by atoms with E-state index in [0.717, 1.165) is 41.1 Å². The van der Waals surface area contributed by atoms with Crippen LogP contribution in [0, 0.1) is 13.8 Å². The number of thiazole rings is 1. The fourth-order valence-electron chi connectivity index (χ4n) is 2.50. The molecule has 0 aliphatic rings. The third-order valence-electron chi connectivity index (χ3n) is 3.87. The Morgan fingerprint density at radius 2 is 2.04 bits per heavy atom. The standard InChI is InChI=1S/C18H23N7S/c1-13-10-23-17(26-13)6-7-21-18(19-3)24-12-15-4-5-16(22-11-15)25-9-8-20-14(25)2/h4-5,8-11H,6-7,12H2,1-3H3,(H2,19,21,24). The largest absolute Gasteiger partial charge is 0.356 e. The summed E-state index contributed by atoms with van der Waals surface area (Å²) in [5, 5.41) is 7.76. The Kier molecular flexibility index (Phi) is 5.96. The second-order valence-electron chi connectivity index (χ2n) is 5.84. The lowest BCUT2D eigenvalue weighted by Gasteiger charge is -2.11. The van der Waals surface area contributed by atoms with Gasteiger partial charge >= 0.3 is 0 Å². The minimum absolute atomic E-state index is 0.659. The van der Waals surface area contributed by atoms with Crippen molar-refractivity contribution >= 4 is 17.3 Å². The topological polar surface area (TPSA) is 80.0 Å². The Morgan fingerprint density at radius 1 is 1.15 bits per heavy atom. The van der Waals surface area contributed by atoms with Gasteiger partial charge in [-0.05, 0) is 25.5 Å². The van der Waals surface area contributed by atoms with Gasteiger partial charge in [-0.25, -0.2) is 15.0 Å². The maximum Gasteiger partial charge on any atom is 0.191 e. The van der Waals surface area contributed by atoms with Gasteiger partial charge in [0, 0.05) is 56.2 Å². The van der Waals surface area contributed by atoms with Crippen LogP contribution in [0.1, 0.15) is 21.3 Å². The van der Waals surface area contributed by atoms with Gasteiger partial charge in [-0.3, -0.25) is 9.56 Å². The second-order valence-corrected chi connectivity index (χ2v) is 7.16. The first-order valence-electron chi connectivity index (χ1n) is 8.47. The lowest BCUT2D eigenvalue weighted by atomic mass is 10.3. The molecule has 2 N–H and O–H groups in total. The van der Waals surface area contributed by atoms with Gasteiger partial charge in [0.05, 0.1) is 5.01 Å². The Balaban J connectivity index is 1.48. The van der Waals surface area contributed by atoms with Gasteiger partial charge in [0.15, 0.2) is 5.96 Å². The summed E-state index contributed by atoms with van der Waals surface area (Å²) < 4.78 is 1.96. The zero-order chi connectivity index (χ0) is 18.4. The van der Waals surface area contributed by atoms with E-state index in [4.69, 9.17) is 0 Å². The Morgan fingerprint density at radius 3 is 2.65 bits per heavy atom. The van der Waals surface area contributed by atoms with Gasteiger partial charge in [0.1, 0.15) is 11.6 Å². The molecule has 0 aliphatic heterocycles. The minimum atomic E-state index is 0.659. The van der Waals surface area contributed by atoms with Crippen molar-refractivity contribution in [3.63, 3.8) is 0 Å². The molecule has 0 fully saturated rings. The number of guanidine groups is 1. The van der Waals surface area contributed by atoms with E-state index in [0.29, 0.717) is 6.54 Å². The van der Waals surface area contributed by atoms with E-state index in [1.807, 2.05) is 36.1 Å². The van der Waals surface area contributed by atoms with Gasteiger partial charge < -0.3 is 10.6 Å². The number of rotatable bonds is 6. The van der Waals surface area contributed by atoms with E-state index in [9.17, 15) is 0 Å². The van der Waals surface area contributed by atoms with E-state index in [1.54, 1.807) is 24.6 Å². The molecule has 0 aromatic carbocycles. The molecule has 3 aromatic rings. The van der Waals surface area contributed by atoms with Gasteiger partial charge in [0.2, 0.25) is 0 Å². The van der Waals surface area contributed by atoms with Gasteiger partial charge in [-0.1, -0.05) is 6.07 Å². The fourth-order valence-corrected chi connectivity index (χ4v) is 3.28. The van der Waals surface area contributed by atoms with Crippen molar-refractivity contribution in [2.24, 2.45) is 4.99 Å². The molecule has 0 amide bonds. The number of nitrogens with one attached hydrogen (secondary N) is 2. The van der Waals surface area contributed by atoms with Crippen LogP contribution >= 0.6 is 11.3 Å². The van der Waals surface area contributed by atoms with Crippen molar-refractivity contribution in [2.75, 3.05) is 13.6 Å². The molecule has 0 aliphatic carbocycles. The maximum absolute atomic E-state index is 4.51. The number of aryl methyl sites for hydroxylation is 2. The Hall–Kier alpha value is -2.74. The highest BCUT2D eigenvalue weighted by atomic mass is 32.1. The first-order chi connectivity index (χ1) is 12.7. The van der Waals surface area contributed by atoms with Crippen molar-refractivity contribution in [3.05, 3.63) is 58.2 Å². The summed E-state index contributed by atoms with van der Waals surface area (Å²) >= 11 is 1.73. The summed E-state index contributed by atoms with van der Waals surface area (Å²) in [6.07, 6.45) is 8.35. The number of pyridine rings is 1. The van der Waals surface area contributed by atoms with Crippen molar-refractivity contribution in [3.8, 4) is 5.82 Å². The van der Waals surface area contributed by atoms with Crippen LogP contribution in [0.4, 0.5) is 0 Å². The predicted octanol–water partition coefficient (Wildman–Crippen LogP) is 2.25. The molecule has 26 heavy (non-hydrogen) atoms. The molecule has 3 heterocycles. The molecule has 8 heteroatoms. The molecule has 0 radical (unpaired) electrons. The highest BCUT2D eigenvalue weighted by Crippen LogP contribution is 2.11. The molecular weight excluding hydrogens is 346 g/mol. The summed E-state index contributed by atoms with van der Waals surface area (Å²) in [6.45, 7) is 5.48. The van der Waals surface area contributed by atoms with Gasteiger partial charge in [-0.2, -0.15) is 0 Å². The number of imidazole rings is 1. The Labute approximate surface area is 157 Å². The number of hydrogen-bond donors (Lipinski definition) is 2. The van der Waals surface area contributed by atoms with Gasteiger partial charge in [-0.15, -0.1) is 11.3 Å². The minimum Gasteiger partial charge on any atom is -0.356 e. The number of aromatic nitrogens is 4. The normalized spacial score (nSPS) is 11.6. The van der Waals surface area contributed by atoms with Crippen LogP contribution in [0.5, 0.6) is 0 Å². The summed E-state index contributed by atoms with van der Waals surface area (Å²) in [6, 6.07) is 4.05. The second kappa shape index (κ2) is 8.57. The molecule has 3 aromatic heterocycles. The zero-order valence-corrected chi connectivity index (χ0v) is 16.0. The predicted molar refractivity (Wildman–Crippen MR) is 105 cm³/mol. The highest BCUT2D eigenvalue weighted by molar-refractivity contribution is 7.11. The van der Waals surface area contributed by atoms with E-state index in [2.05, 4.69) is 43.6 Å². The summed E-state index contributed by atoms with van der Waals surface area (Å²) in [5.74, 6) is 2.56. The van der Waals surface area contributed by atoms with Crippen LogP contribution in [0.15, 0.2) is 41.9 Å². The highest BCUT2D eigenvalue weighted by Gasteiger charge is 2.04. The van der Waals surface area contributed by atoms with E-state index < -0.39 is 0 Å². The summed E-state index contributed by atoms with van der Waals surface area (Å²) in [5.41, 5.74) is 1.09. The Bertz CT molecular complexity index is 864. The molecule has 0 atom stereocenters. The SMILES string of the molecule is CN=C(NCCc1ncc(C)s1)NCc1ccc(-n2ccnc2C)nc1. The molecule has 136 valence electrons. The monoisotopic (exact) mass is 369 g/mol. The lowest BCUT2D eigenvalue weighted by Crippen LogP contribution is -2.37. The van der Waals surface area contributed by atoms with E-state index in [-0.39, 0.29) is 0 Å². The van der Waals surface area contributed by atoms with E-state index >= 15 is 0 Å². The molecule has 3 rings (SSSR count). The van der Waals surface area contributed by atoms with Crippen LogP contribution in [-0.2, 0) is 13.0 Å². The smallest absolute Gasteiger partial charge is 0.191 e. The first kappa shape index (κ1) is 18.1. The third kappa shape index (κ3) is 4.66. The fraction of sp³-hybridized carbons (Fsp3) is 0.333.